The van der Waals surface area contributed by atoms with Gasteiger partial charge in [0, 0.05) is 26.2 Å². The summed E-state index contributed by atoms with van der Waals surface area (Å²) in [5, 5.41) is 6.16. The van der Waals surface area contributed by atoms with Gasteiger partial charge in [0.15, 0.2) is 0 Å². The third-order valence-corrected chi connectivity index (χ3v) is 2.74. The van der Waals surface area contributed by atoms with Crippen molar-refractivity contribution in [1.29, 1.82) is 0 Å². The summed E-state index contributed by atoms with van der Waals surface area (Å²) in [4.78, 5) is 11.2. The van der Waals surface area contributed by atoms with Gasteiger partial charge in [-0.15, -0.1) is 11.8 Å². The van der Waals surface area contributed by atoms with Crippen molar-refractivity contribution in [3.63, 3.8) is 0 Å². The summed E-state index contributed by atoms with van der Waals surface area (Å²) >= 11 is 1.60. The number of nitrogens with one attached hydrogen (secondary N) is 2. The van der Waals surface area contributed by atoms with Gasteiger partial charge in [-0.2, -0.15) is 0 Å². The fourth-order valence-electron chi connectivity index (χ4n) is 1.32. The van der Waals surface area contributed by atoms with Crippen LogP contribution in [0.3, 0.4) is 0 Å². The minimum atomic E-state index is 0.0584. The van der Waals surface area contributed by atoms with Crippen molar-refractivity contribution in [3.05, 3.63) is 0 Å². The summed E-state index contributed by atoms with van der Waals surface area (Å²) in [6.45, 7) is 0.700. The van der Waals surface area contributed by atoms with Gasteiger partial charge in [0.05, 0.1) is 0 Å². The number of amides is 1. The van der Waals surface area contributed by atoms with E-state index in [4.69, 9.17) is 4.74 Å². The maximum Gasteiger partial charge on any atom is 0.223 e. The van der Waals surface area contributed by atoms with Crippen LogP contribution in [-0.4, -0.2) is 37.4 Å². The van der Waals surface area contributed by atoms with Gasteiger partial charge in [0.2, 0.25) is 5.91 Å². The van der Waals surface area contributed by atoms with Crippen LogP contribution in [0.15, 0.2) is 0 Å². The van der Waals surface area contributed by atoms with E-state index in [9.17, 15) is 4.79 Å². The van der Waals surface area contributed by atoms with E-state index in [1.165, 1.54) is 0 Å². The molecule has 13 heavy (non-hydrogen) atoms. The van der Waals surface area contributed by atoms with E-state index >= 15 is 0 Å². The molecule has 0 bridgehead atoms. The normalized spacial score (nSPS) is 28.6. The predicted molar refractivity (Wildman–Crippen MR) is 53.5 cm³/mol. The Labute approximate surface area is 82.8 Å². The minimum Gasteiger partial charge on any atom is -0.385 e. The Morgan fingerprint density at radius 1 is 1.69 bits per heavy atom. The smallest absolute Gasteiger partial charge is 0.223 e. The third-order valence-electron chi connectivity index (χ3n) is 2.02. The van der Waals surface area contributed by atoms with Crippen molar-refractivity contribution < 1.29 is 9.53 Å². The molecule has 0 spiro atoms. The summed E-state index contributed by atoms with van der Waals surface area (Å²) < 4.78 is 4.97. The lowest BCUT2D eigenvalue weighted by atomic mass is 10.1. The number of thioether (sulfide) groups is 1. The SMILES string of the molecule is COCCC1CC(=O)NC(SC)N1. The zero-order valence-electron chi connectivity index (χ0n) is 8.00. The molecule has 4 nitrogen and oxygen atoms in total. The van der Waals surface area contributed by atoms with Gasteiger partial charge in [-0.05, 0) is 12.7 Å². The number of carbonyl (C=O) groups excluding carboxylic acids is 1. The first-order valence-corrected chi connectivity index (χ1v) is 5.62. The maximum absolute atomic E-state index is 11.2. The topological polar surface area (TPSA) is 50.4 Å². The third kappa shape index (κ3) is 3.54. The Hall–Kier alpha value is -0.260. The zero-order chi connectivity index (χ0) is 9.68. The maximum atomic E-state index is 11.2. The second-order valence-corrected chi connectivity index (χ2v) is 3.98. The van der Waals surface area contributed by atoms with Crippen LogP contribution in [0.25, 0.3) is 0 Å². The van der Waals surface area contributed by atoms with Gasteiger partial charge in [-0.1, -0.05) is 0 Å². The van der Waals surface area contributed by atoms with E-state index in [1.54, 1.807) is 18.9 Å². The number of hydrogen-bond acceptors (Lipinski definition) is 4. The molecule has 1 rings (SSSR count). The highest BCUT2D eigenvalue weighted by Crippen LogP contribution is 2.10. The van der Waals surface area contributed by atoms with Crippen molar-refractivity contribution in [1.82, 2.24) is 10.6 Å². The second kappa shape index (κ2) is 5.47. The molecule has 0 radical (unpaired) electrons. The van der Waals surface area contributed by atoms with Gasteiger partial charge < -0.3 is 10.1 Å². The standard InChI is InChI=1S/C8H16N2O2S/c1-12-4-3-6-5-7(11)10-8(9-6)13-2/h6,8-9H,3-5H2,1-2H3,(H,10,11). The molecule has 2 atom stereocenters. The monoisotopic (exact) mass is 204 g/mol. The van der Waals surface area contributed by atoms with Gasteiger partial charge >= 0.3 is 0 Å². The van der Waals surface area contributed by atoms with Crippen LogP contribution in [-0.2, 0) is 9.53 Å². The second-order valence-electron chi connectivity index (χ2n) is 3.03. The molecule has 76 valence electrons. The molecule has 2 unspecified atom stereocenters. The van der Waals surface area contributed by atoms with Crippen LogP contribution in [0, 0.1) is 0 Å². The highest BCUT2D eigenvalue weighted by atomic mass is 32.2. The molecule has 0 saturated carbocycles. The summed E-state index contributed by atoms with van der Waals surface area (Å²) in [6, 6.07) is 0.256. The van der Waals surface area contributed by atoms with Crippen LogP contribution in [0.2, 0.25) is 0 Å². The van der Waals surface area contributed by atoms with Gasteiger partial charge in [0.1, 0.15) is 5.50 Å². The number of rotatable bonds is 4. The quantitative estimate of drug-likeness (QED) is 0.684. The van der Waals surface area contributed by atoms with Crippen LogP contribution < -0.4 is 10.6 Å². The minimum absolute atomic E-state index is 0.0584. The summed E-state index contributed by atoms with van der Waals surface area (Å²) in [6.07, 6.45) is 3.41. The van der Waals surface area contributed by atoms with E-state index in [0.717, 1.165) is 6.42 Å². The molecule has 0 aromatic carbocycles. The molecule has 0 aliphatic carbocycles. The fraction of sp³-hybridized carbons (Fsp3) is 0.875. The van der Waals surface area contributed by atoms with Crippen molar-refractivity contribution >= 4 is 17.7 Å². The predicted octanol–water partition coefficient (Wildman–Crippen LogP) is 0.148. The Morgan fingerprint density at radius 3 is 3.08 bits per heavy atom. The van der Waals surface area contributed by atoms with E-state index in [-0.39, 0.29) is 17.4 Å². The molecule has 1 aliphatic rings. The summed E-state index contributed by atoms with van der Waals surface area (Å²) in [5.41, 5.74) is 0.0584. The molecule has 1 fully saturated rings. The molecular formula is C8H16N2O2S. The fourth-order valence-corrected chi connectivity index (χ4v) is 1.89. The van der Waals surface area contributed by atoms with Crippen molar-refractivity contribution in [2.45, 2.75) is 24.4 Å². The van der Waals surface area contributed by atoms with Crippen molar-refractivity contribution in [3.8, 4) is 0 Å². The Bertz CT molecular complexity index is 178. The largest absolute Gasteiger partial charge is 0.385 e. The Balaban J connectivity index is 2.33. The van der Waals surface area contributed by atoms with Crippen molar-refractivity contribution in [2.24, 2.45) is 0 Å². The number of hydrogen-bond donors (Lipinski definition) is 2. The van der Waals surface area contributed by atoms with Crippen LogP contribution in [0.4, 0.5) is 0 Å². The molecule has 0 aromatic rings. The lowest BCUT2D eigenvalue weighted by Gasteiger charge is -2.30. The van der Waals surface area contributed by atoms with Crippen LogP contribution in [0.5, 0.6) is 0 Å². The molecule has 2 N–H and O–H groups in total. The highest BCUT2D eigenvalue weighted by Gasteiger charge is 2.24. The molecule has 1 heterocycles. The molecule has 0 aromatic heterocycles. The first-order valence-electron chi connectivity index (χ1n) is 4.33. The number of methoxy groups -OCH3 is 1. The van der Waals surface area contributed by atoms with Crippen molar-refractivity contribution in [2.75, 3.05) is 20.0 Å². The van der Waals surface area contributed by atoms with Gasteiger partial charge in [-0.25, -0.2) is 0 Å². The van der Waals surface area contributed by atoms with E-state index in [1.807, 2.05) is 6.26 Å². The molecule has 5 heteroatoms. The van der Waals surface area contributed by atoms with Crippen LogP contribution in [0.1, 0.15) is 12.8 Å². The lowest BCUT2D eigenvalue weighted by Crippen LogP contribution is -2.54. The molecule has 1 amide bonds. The van der Waals surface area contributed by atoms with E-state index < -0.39 is 0 Å². The molecule has 1 aliphatic heterocycles. The van der Waals surface area contributed by atoms with Gasteiger partial charge in [-0.3, -0.25) is 10.1 Å². The average Bonchev–Trinajstić information content (AvgIpc) is 2.14. The Morgan fingerprint density at radius 2 is 2.46 bits per heavy atom. The van der Waals surface area contributed by atoms with Crippen LogP contribution >= 0.6 is 11.8 Å². The molecule has 1 saturated heterocycles. The highest BCUT2D eigenvalue weighted by molar-refractivity contribution is 7.99. The number of ether oxygens (including phenoxy) is 1. The molecular weight excluding hydrogens is 188 g/mol. The van der Waals surface area contributed by atoms with E-state index in [2.05, 4.69) is 10.6 Å². The summed E-state index contributed by atoms with van der Waals surface area (Å²) in [5.74, 6) is 0.124. The number of carbonyl (C=O) groups is 1. The summed E-state index contributed by atoms with van der Waals surface area (Å²) in [7, 11) is 1.68. The van der Waals surface area contributed by atoms with E-state index in [0.29, 0.717) is 13.0 Å². The lowest BCUT2D eigenvalue weighted by molar-refractivity contribution is -0.123. The first kappa shape index (κ1) is 10.8. The average molecular weight is 204 g/mol. The Kier molecular flexibility index (Phi) is 4.55. The zero-order valence-corrected chi connectivity index (χ0v) is 8.82. The first-order chi connectivity index (χ1) is 6.26. The van der Waals surface area contributed by atoms with Gasteiger partial charge in [0.25, 0.3) is 0 Å².